The maximum absolute atomic E-state index is 12.3. The Morgan fingerprint density at radius 1 is 1.12 bits per heavy atom. The van der Waals surface area contributed by atoms with E-state index >= 15 is 0 Å². The standard InChI is InChI=1S/C24H32N6O2/c1-15-10-17(18-11-16(2)22-26-14-27-30(22)13-18)12-20(25)21(15)28-19-6-8-29(9-7-19)23(31)32-24(3,4)5/h10-14,19,28H,6-9,25H2,1-5H3. The second kappa shape index (κ2) is 8.33. The normalized spacial score (nSPS) is 15.2. The lowest BCUT2D eigenvalue weighted by molar-refractivity contribution is 0.0210. The van der Waals surface area contributed by atoms with Gasteiger partial charge in [0.25, 0.3) is 0 Å². The second-order valence-electron chi connectivity index (χ2n) is 9.58. The molecule has 4 rings (SSSR count). The average Bonchev–Trinajstić information content (AvgIpc) is 3.19. The lowest BCUT2D eigenvalue weighted by Crippen LogP contribution is -2.44. The third kappa shape index (κ3) is 4.64. The summed E-state index contributed by atoms with van der Waals surface area (Å²) in [4.78, 5) is 18.4. The number of ether oxygens (including phenoxy) is 1. The molecule has 1 aromatic carbocycles. The van der Waals surface area contributed by atoms with Gasteiger partial charge in [0.05, 0.1) is 11.4 Å². The first-order chi connectivity index (χ1) is 15.1. The van der Waals surface area contributed by atoms with E-state index in [4.69, 9.17) is 10.5 Å². The molecule has 0 atom stereocenters. The molecule has 1 aliphatic heterocycles. The molecular weight excluding hydrogens is 404 g/mol. The molecule has 0 radical (unpaired) electrons. The quantitative estimate of drug-likeness (QED) is 0.590. The van der Waals surface area contributed by atoms with Crippen molar-refractivity contribution in [2.24, 2.45) is 0 Å². The Hall–Kier alpha value is -3.29. The van der Waals surface area contributed by atoms with Crippen LogP contribution in [0.2, 0.25) is 0 Å². The smallest absolute Gasteiger partial charge is 0.410 e. The summed E-state index contributed by atoms with van der Waals surface area (Å²) in [7, 11) is 0. The Labute approximate surface area is 188 Å². The number of piperidine rings is 1. The molecule has 170 valence electrons. The number of nitrogens with one attached hydrogen (secondary N) is 1. The number of nitrogen functional groups attached to an aromatic ring is 1. The van der Waals surface area contributed by atoms with Gasteiger partial charge in [-0.3, -0.25) is 0 Å². The van der Waals surface area contributed by atoms with Crippen molar-refractivity contribution >= 4 is 23.1 Å². The van der Waals surface area contributed by atoms with Crippen molar-refractivity contribution < 1.29 is 9.53 Å². The van der Waals surface area contributed by atoms with Crippen LogP contribution in [0.4, 0.5) is 16.2 Å². The lowest BCUT2D eigenvalue weighted by Gasteiger charge is -2.34. The summed E-state index contributed by atoms with van der Waals surface area (Å²) in [6, 6.07) is 6.52. The molecule has 0 aliphatic carbocycles. The highest BCUT2D eigenvalue weighted by atomic mass is 16.6. The fourth-order valence-corrected chi connectivity index (χ4v) is 4.17. The molecule has 1 amide bonds. The van der Waals surface area contributed by atoms with Crippen LogP contribution in [0.1, 0.15) is 44.7 Å². The predicted octanol–water partition coefficient (Wildman–Crippen LogP) is 4.41. The number of pyridine rings is 1. The molecule has 0 spiro atoms. The van der Waals surface area contributed by atoms with Crippen LogP contribution in [0.25, 0.3) is 16.8 Å². The highest BCUT2D eigenvalue weighted by Crippen LogP contribution is 2.33. The molecule has 3 N–H and O–H groups in total. The van der Waals surface area contributed by atoms with Crippen molar-refractivity contribution in [1.82, 2.24) is 19.5 Å². The molecular formula is C24H32N6O2. The van der Waals surface area contributed by atoms with Crippen molar-refractivity contribution in [3.63, 3.8) is 0 Å². The Kier molecular flexibility index (Phi) is 5.71. The monoisotopic (exact) mass is 436 g/mol. The molecule has 2 aromatic heterocycles. The highest BCUT2D eigenvalue weighted by Gasteiger charge is 2.27. The van der Waals surface area contributed by atoms with Gasteiger partial charge in [0, 0.05) is 30.9 Å². The minimum Gasteiger partial charge on any atom is -0.444 e. The average molecular weight is 437 g/mol. The van der Waals surface area contributed by atoms with E-state index < -0.39 is 5.60 Å². The summed E-state index contributed by atoms with van der Waals surface area (Å²) < 4.78 is 7.28. The zero-order valence-corrected chi connectivity index (χ0v) is 19.5. The number of nitrogens with two attached hydrogens (primary N) is 1. The lowest BCUT2D eigenvalue weighted by atomic mass is 9.99. The summed E-state index contributed by atoms with van der Waals surface area (Å²) >= 11 is 0. The molecule has 3 heterocycles. The van der Waals surface area contributed by atoms with Gasteiger partial charge >= 0.3 is 6.09 Å². The Balaban J connectivity index is 1.46. The summed E-state index contributed by atoms with van der Waals surface area (Å²) in [5.74, 6) is 0. The van der Waals surface area contributed by atoms with Crippen molar-refractivity contribution in [3.8, 4) is 11.1 Å². The third-order valence-corrected chi connectivity index (χ3v) is 5.75. The first-order valence-electron chi connectivity index (χ1n) is 11.1. The summed E-state index contributed by atoms with van der Waals surface area (Å²) in [6.07, 6.45) is 5.00. The number of anilines is 2. The van der Waals surface area contributed by atoms with Crippen LogP contribution in [0.5, 0.6) is 0 Å². The summed E-state index contributed by atoms with van der Waals surface area (Å²) in [5.41, 5.74) is 12.8. The molecule has 8 heteroatoms. The third-order valence-electron chi connectivity index (χ3n) is 5.75. The van der Waals surface area contributed by atoms with Gasteiger partial charge in [0.1, 0.15) is 11.9 Å². The Bertz CT molecular complexity index is 1120. The molecule has 8 nitrogen and oxygen atoms in total. The maximum Gasteiger partial charge on any atom is 0.410 e. The van der Waals surface area contributed by atoms with Gasteiger partial charge in [-0.05, 0) is 82.3 Å². The number of hydrogen-bond donors (Lipinski definition) is 2. The fraction of sp³-hybridized carbons (Fsp3) is 0.458. The number of likely N-dealkylation sites (tertiary alicyclic amines) is 1. The number of carbonyl (C=O) groups excluding carboxylic acids is 1. The number of rotatable bonds is 3. The number of fused-ring (bicyclic) bond motifs is 1. The van der Waals surface area contributed by atoms with E-state index in [0.29, 0.717) is 18.8 Å². The van der Waals surface area contributed by atoms with Crippen LogP contribution in [-0.2, 0) is 4.74 Å². The van der Waals surface area contributed by atoms with Crippen LogP contribution >= 0.6 is 0 Å². The molecule has 1 fully saturated rings. The molecule has 0 saturated carbocycles. The van der Waals surface area contributed by atoms with Crippen LogP contribution < -0.4 is 11.1 Å². The van der Waals surface area contributed by atoms with Crippen LogP contribution in [-0.4, -0.2) is 50.3 Å². The molecule has 0 bridgehead atoms. The van der Waals surface area contributed by atoms with Gasteiger partial charge < -0.3 is 20.7 Å². The van der Waals surface area contributed by atoms with Gasteiger partial charge in [-0.1, -0.05) is 0 Å². The minimum atomic E-state index is -0.476. The van der Waals surface area contributed by atoms with Crippen LogP contribution in [0.3, 0.4) is 0 Å². The van der Waals surface area contributed by atoms with E-state index in [-0.39, 0.29) is 12.1 Å². The van der Waals surface area contributed by atoms with E-state index in [0.717, 1.165) is 46.4 Å². The number of amides is 1. The first kappa shape index (κ1) is 21.9. The van der Waals surface area contributed by atoms with E-state index in [9.17, 15) is 4.79 Å². The molecule has 32 heavy (non-hydrogen) atoms. The van der Waals surface area contributed by atoms with E-state index in [2.05, 4.69) is 34.5 Å². The Morgan fingerprint density at radius 2 is 1.81 bits per heavy atom. The number of nitrogens with zero attached hydrogens (tertiary/aromatic N) is 4. The Morgan fingerprint density at radius 3 is 2.47 bits per heavy atom. The SMILES string of the molecule is Cc1cc(-c2cc(C)c3ncnn3c2)cc(N)c1NC1CCN(C(=O)OC(C)(C)C)CC1. The van der Waals surface area contributed by atoms with E-state index in [1.165, 1.54) is 0 Å². The molecule has 0 unspecified atom stereocenters. The van der Waals surface area contributed by atoms with Gasteiger partial charge in [-0.2, -0.15) is 5.10 Å². The minimum absolute atomic E-state index is 0.240. The number of hydrogen-bond acceptors (Lipinski definition) is 6. The van der Waals surface area contributed by atoms with Crippen molar-refractivity contribution in [1.29, 1.82) is 0 Å². The van der Waals surface area contributed by atoms with Crippen LogP contribution in [0.15, 0.2) is 30.7 Å². The van der Waals surface area contributed by atoms with Crippen molar-refractivity contribution in [2.75, 3.05) is 24.1 Å². The molecule has 1 saturated heterocycles. The van der Waals surface area contributed by atoms with E-state index in [1.54, 1.807) is 15.7 Å². The van der Waals surface area contributed by atoms with Crippen LogP contribution in [0, 0.1) is 13.8 Å². The number of aryl methyl sites for hydroxylation is 2. The van der Waals surface area contributed by atoms with E-state index in [1.807, 2.05) is 40.0 Å². The zero-order valence-electron chi connectivity index (χ0n) is 19.5. The van der Waals surface area contributed by atoms with Gasteiger partial charge in [-0.15, -0.1) is 0 Å². The highest BCUT2D eigenvalue weighted by molar-refractivity contribution is 5.79. The topological polar surface area (TPSA) is 97.8 Å². The number of aromatic nitrogens is 3. The van der Waals surface area contributed by atoms with Gasteiger partial charge in [0.2, 0.25) is 0 Å². The summed E-state index contributed by atoms with van der Waals surface area (Å²) in [6.45, 7) is 11.1. The second-order valence-corrected chi connectivity index (χ2v) is 9.58. The molecule has 1 aliphatic rings. The maximum atomic E-state index is 12.3. The predicted molar refractivity (Wildman–Crippen MR) is 127 cm³/mol. The fourth-order valence-electron chi connectivity index (χ4n) is 4.17. The van der Waals surface area contributed by atoms with Gasteiger partial charge in [-0.25, -0.2) is 14.3 Å². The summed E-state index contributed by atoms with van der Waals surface area (Å²) in [5, 5.41) is 7.88. The number of benzene rings is 1. The van der Waals surface area contributed by atoms with Gasteiger partial charge in [0.15, 0.2) is 5.65 Å². The first-order valence-corrected chi connectivity index (χ1v) is 11.1. The molecule has 3 aromatic rings. The van der Waals surface area contributed by atoms with Crippen molar-refractivity contribution in [3.05, 3.63) is 41.9 Å². The largest absolute Gasteiger partial charge is 0.444 e. The zero-order chi connectivity index (χ0) is 23.0. The van der Waals surface area contributed by atoms with Crippen molar-refractivity contribution in [2.45, 2.75) is 59.1 Å². The number of carbonyl (C=O) groups is 1.